The average molecular weight is 222 g/mol. The zero-order chi connectivity index (χ0) is 11.8. The third-order valence-corrected chi connectivity index (χ3v) is 1.96. The standard InChI is InChI=1S/C13H18O3/c1-4-6-11-7-8-12(16-10-14-3)13(9-11)15-5-2/h4,6-9H,5,10H2,1-3H3/b6-4+. The van der Waals surface area contributed by atoms with E-state index < -0.39 is 0 Å². The number of rotatable bonds is 6. The SMILES string of the molecule is C/C=C/c1ccc(OCOC)c(OCC)c1. The molecule has 88 valence electrons. The molecule has 0 saturated heterocycles. The van der Waals surface area contributed by atoms with E-state index in [2.05, 4.69) is 0 Å². The van der Waals surface area contributed by atoms with Crippen LogP contribution in [0.3, 0.4) is 0 Å². The Labute approximate surface area is 96.6 Å². The van der Waals surface area contributed by atoms with Crippen LogP contribution in [0.15, 0.2) is 24.3 Å². The molecule has 0 radical (unpaired) electrons. The highest BCUT2D eigenvalue weighted by atomic mass is 16.7. The van der Waals surface area contributed by atoms with Crippen molar-refractivity contribution in [3.05, 3.63) is 29.8 Å². The van der Waals surface area contributed by atoms with Crippen LogP contribution in [0.4, 0.5) is 0 Å². The average Bonchev–Trinajstić information content (AvgIpc) is 2.29. The van der Waals surface area contributed by atoms with Crippen LogP contribution >= 0.6 is 0 Å². The van der Waals surface area contributed by atoms with E-state index in [1.807, 2.05) is 44.2 Å². The Morgan fingerprint density at radius 3 is 2.62 bits per heavy atom. The van der Waals surface area contributed by atoms with Crippen molar-refractivity contribution in [2.75, 3.05) is 20.5 Å². The molecule has 0 N–H and O–H groups in total. The molecular formula is C13H18O3. The fourth-order valence-electron chi connectivity index (χ4n) is 1.33. The molecule has 0 unspecified atom stereocenters. The molecular weight excluding hydrogens is 204 g/mol. The lowest BCUT2D eigenvalue weighted by Crippen LogP contribution is -2.02. The minimum atomic E-state index is 0.225. The first-order valence-corrected chi connectivity index (χ1v) is 5.33. The van der Waals surface area contributed by atoms with Gasteiger partial charge in [0.25, 0.3) is 0 Å². The first-order valence-electron chi connectivity index (χ1n) is 5.33. The van der Waals surface area contributed by atoms with Gasteiger partial charge in [0, 0.05) is 7.11 Å². The molecule has 0 fully saturated rings. The van der Waals surface area contributed by atoms with Crippen molar-refractivity contribution >= 4 is 6.08 Å². The summed E-state index contributed by atoms with van der Waals surface area (Å²) in [5, 5.41) is 0. The molecule has 0 amide bonds. The Hall–Kier alpha value is -1.48. The van der Waals surface area contributed by atoms with Crippen molar-refractivity contribution in [3.8, 4) is 11.5 Å². The van der Waals surface area contributed by atoms with Crippen LogP contribution < -0.4 is 9.47 Å². The van der Waals surface area contributed by atoms with Crippen LogP contribution in [0.2, 0.25) is 0 Å². The van der Waals surface area contributed by atoms with Crippen molar-refractivity contribution in [2.24, 2.45) is 0 Å². The third-order valence-electron chi connectivity index (χ3n) is 1.96. The van der Waals surface area contributed by atoms with Crippen molar-refractivity contribution in [1.29, 1.82) is 0 Å². The van der Waals surface area contributed by atoms with Crippen molar-refractivity contribution in [3.63, 3.8) is 0 Å². The molecule has 1 aromatic rings. The first kappa shape index (κ1) is 12.6. The second-order valence-corrected chi connectivity index (χ2v) is 3.19. The zero-order valence-corrected chi connectivity index (χ0v) is 10.0. The molecule has 1 rings (SSSR count). The summed E-state index contributed by atoms with van der Waals surface area (Å²) in [5.74, 6) is 1.45. The van der Waals surface area contributed by atoms with Crippen LogP contribution in [0.25, 0.3) is 6.08 Å². The highest BCUT2D eigenvalue weighted by Gasteiger charge is 2.04. The molecule has 3 heteroatoms. The predicted octanol–water partition coefficient (Wildman–Crippen LogP) is 3.10. The van der Waals surface area contributed by atoms with E-state index >= 15 is 0 Å². The van der Waals surface area contributed by atoms with E-state index in [9.17, 15) is 0 Å². The molecule has 3 nitrogen and oxygen atoms in total. The number of hydrogen-bond donors (Lipinski definition) is 0. The lowest BCUT2D eigenvalue weighted by Gasteiger charge is -2.11. The first-order chi connectivity index (χ1) is 7.81. The summed E-state index contributed by atoms with van der Waals surface area (Å²) in [6.07, 6.45) is 4.00. The van der Waals surface area contributed by atoms with Gasteiger partial charge >= 0.3 is 0 Å². The van der Waals surface area contributed by atoms with Crippen molar-refractivity contribution in [2.45, 2.75) is 13.8 Å². The van der Waals surface area contributed by atoms with Gasteiger partial charge in [-0.2, -0.15) is 0 Å². The zero-order valence-electron chi connectivity index (χ0n) is 10.0. The van der Waals surface area contributed by atoms with Gasteiger partial charge in [0.15, 0.2) is 18.3 Å². The Balaban J connectivity index is 2.89. The molecule has 1 aromatic carbocycles. The van der Waals surface area contributed by atoms with Crippen molar-refractivity contribution < 1.29 is 14.2 Å². The van der Waals surface area contributed by atoms with E-state index in [-0.39, 0.29) is 6.79 Å². The summed E-state index contributed by atoms with van der Waals surface area (Å²) in [4.78, 5) is 0. The number of methoxy groups -OCH3 is 1. The minimum absolute atomic E-state index is 0.225. The summed E-state index contributed by atoms with van der Waals surface area (Å²) < 4.78 is 15.8. The van der Waals surface area contributed by atoms with Crippen LogP contribution in [-0.2, 0) is 4.74 Å². The van der Waals surface area contributed by atoms with Crippen LogP contribution in [-0.4, -0.2) is 20.5 Å². The molecule has 0 aliphatic heterocycles. The summed E-state index contributed by atoms with van der Waals surface area (Å²) in [7, 11) is 1.59. The van der Waals surface area contributed by atoms with E-state index in [0.29, 0.717) is 12.4 Å². The highest BCUT2D eigenvalue weighted by molar-refractivity contribution is 5.55. The third kappa shape index (κ3) is 3.59. The minimum Gasteiger partial charge on any atom is -0.490 e. The second kappa shape index (κ2) is 6.90. The normalized spacial score (nSPS) is 10.7. The highest BCUT2D eigenvalue weighted by Crippen LogP contribution is 2.28. The Morgan fingerprint density at radius 2 is 2.00 bits per heavy atom. The quantitative estimate of drug-likeness (QED) is 0.692. The largest absolute Gasteiger partial charge is 0.490 e. The summed E-state index contributed by atoms with van der Waals surface area (Å²) in [6, 6.07) is 5.82. The monoisotopic (exact) mass is 222 g/mol. The number of hydrogen-bond acceptors (Lipinski definition) is 3. The maximum absolute atomic E-state index is 5.51. The topological polar surface area (TPSA) is 27.7 Å². The lowest BCUT2D eigenvalue weighted by molar-refractivity contribution is 0.0487. The smallest absolute Gasteiger partial charge is 0.188 e. The van der Waals surface area contributed by atoms with Crippen LogP contribution in [0, 0.1) is 0 Å². The van der Waals surface area contributed by atoms with Crippen molar-refractivity contribution in [1.82, 2.24) is 0 Å². The molecule has 0 atom stereocenters. The Bertz CT molecular complexity index is 345. The van der Waals surface area contributed by atoms with E-state index in [0.717, 1.165) is 11.3 Å². The fraction of sp³-hybridized carbons (Fsp3) is 0.385. The van der Waals surface area contributed by atoms with Gasteiger partial charge in [-0.15, -0.1) is 0 Å². The summed E-state index contributed by atoms with van der Waals surface area (Å²) >= 11 is 0. The van der Waals surface area contributed by atoms with Gasteiger partial charge in [0.2, 0.25) is 0 Å². The molecule has 0 bridgehead atoms. The molecule has 0 aromatic heterocycles. The Kier molecular flexibility index (Phi) is 5.43. The van der Waals surface area contributed by atoms with Gasteiger partial charge in [0.1, 0.15) is 0 Å². The van der Waals surface area contributed by atoms with E-state index in [1.165, 1.54) is 0 Å². The van der Waals surface area contributed by atoms with Gasteiger partial charge in [-0.1, -0.05) is 18.2 Å². The van der Waals surface area contributed by atoms with Gasteiger partial charge in [-0.3, -0.25) is 0 Å². The van der Waals surface area contributed by atoms with Gasteiger partial charge in [-0.05, 0) is 31.5 Å². The fourth-order valence-corrected chi connectivity index (χ4v) is 1.33. The van der Waals surface area contributed by atoms with Gasteiger partial charge in [-0.25, -0.2) is 0 Å². The van der Waals surface area contributed by atoms with Crippen LogP contribution in [0.1, 0.15) is 19.4 Å². The summed E-state index contributed by atoms with van der Waals surface area (Å²) in [6.45, 7) is 4.77. The predicted molar refractivity (Wildman–Crippen MR) is 64.8 cm³/mol. The second-order valence-electron chi connectivity index (χ2n) is 3.19. The molecule has 0 saturated carbocycles. The molecule has 0 aliphatic carbocycles. The number of benzene rings is 1. The maximum Gasteiger partial charge on any atom is 0.188 e. The molecule has 0 heterocycles. The van der Waals surface area contributed by atoms with Gasteiger partial charge in [0.05, 0.1) is 6.61 Å². The maximum atomic E-state index is 5.51. The molecule has 0 aliphatic rings. The molecule has 16 heavy (non-hydrogen) atoms. The molecule has 0 spiro atoms. The number of allylic oxidation sites excluding steroid dienone is 1. The summed E-state index contributed by atoms with van der Waals surface area (Å²) in [5.41, 5.74) is 1.09. The van der Waals surface area contributed by atoms with Crippen LogP contribution in [0.5, 0.6) is 11.5 Å². The lowest BCUT2D eigenvalue weighted by atomic mass is 10.2. The van der Waals surface area contributed by atoms with Gasteiger partial charge < -0.3 is 14.2 Å². The number of ether oxygens (including phenoxy) is 3. The Morgan fingerprint density at radius 1 is 1.19 bits per heavy atom. The van der Waals surface area contributed by atoms with E-state index in [1.54, 1.807) is 7.11 Å². The van der Waals surface area contributed by atoms with E-state index in [4.69, 9.17) is 14.2 Å².